The Kier molecular flexibility index (Phi) is 6.69. The van der Waals surface area contributed by atoms with Gasteiger partial charge in [-0.25, -0.2) is 0 Å². The van der Waals surface area contributed by atoms with E-state index in [0.717, 1.165) is 38.0 Å². The van der Waals surface area contributed by atoms with Gasteiger partial charge in [0.05, 0.1) is 0 Å². The molecule has 3 nitrogen and oxygen atoms in total. The summed E-state index contributed by atoms with van der Waals surface area (Å²) in [5.74, 6) is 1.12. The monoisotopic (exact) mass is 254 g/mol. The molecule has 0 aliphatic heterocycles. The minimum Gasteiger partial charge on any atom is -0.353 e. The van der Waals surface area contributed by atoms with Gasteiger partial charge < -0.3 is 11.1 Å². The Balaban J connectivity index is 2.22. The standard InChI is InChI=1S/C15H30N2O/c1-11-6-4-9-14(10-11)17-15(18)12(2)7-5-8-13(3)16/h11-14H,4-10,16H2,1-3H3,(H,17,18). The van der Waals surface area contributed by atoms with Crippen molar-refractivity contribution in [3.8, 4) is 0 Å². The van der Waals surface area contributed by atoms with E-state index in [4.69, 9.17) is 5.73 Å². The lowest BCUT2D eigenvalue weighted by molar-refractivity contribution is -0.125. The van der Waals surface area contributed by atoms with Crippen LogP contribution in [0.25, 0.3) is 0 Å². The summed E-state index contributed by atoms with van der Waals surface area (Å²) >= 11 is 0. The predicted octanol–water partition coefficient (Wildman–Crippen LogP) is 2.83. The highest BCUT2D eigenvalue weighted by molar-refractivity contribution is 5.78. The number of rotatable bonds is 6. The van der Waals surface area contributed by atoms with E-state index in [9.17, 15) is 4.79 Å². The van der Waals surface area contributed by atoms with Crippen LogP contribution >= 0.6 is 0 Å². The van der Waals surface area contributed by atoms with Crippen LogP contribution in [0.5, 0.6) is 0 Å². The third kappa shape index (κ3) is 5.85. The average Bonchev–Trinajstić information content (AvgIpc) is 2.28. The molecule has 3 heteroatoms. The van der Waals surface area contributed by atoms with Crippen LogP contribution in [-0.2, 0) is 4.79 Å². The molecule has 1 rings (SSSR count). The molecule has 0 heterocycles. The number of carbonyl (C=O) groups excluding carboxylic acids is 1. The lowest BCUT2D eigenvalue weighted by Crippen LogP contribution is -2.40. The summed E-state index contributed by atoms with van der Waals surface area (Å²) in [6.07, 6.45) is 7.89. The Morgan fingerprint density at radius 1 is 1.33 bits per heavy atom. The van der Waals surface area contributed by atoms with Crippen molar-refractivity contribution in [2.45, 2.75) is 77.8 Å². The van der Waals surface area contributed by atoms with E-state index in [-0.39, 0.29) is 17.9 Å². The molecule has 0 radical (unpaired) electrons. The van der Waals surface area contributed by atoms with Gasteiger partial charge in [-0.1, -0.05) is 33.1 Å². The quantitative estimate of drug-likeness (QED) is 0.766. The average molecular weight is 254 g/mol. The zero-order valence-electron chi connectivity index (χ0n) is 12.2. The highest BCUT2D eigenvalue weighted by Gasteiger charge is 2.22. The molecule has 0 saturated heterocycles. The molecule has 0 aromatic heterocycles. The van der Waals surface area contributed by atoms with Gasteiger partial charge in [-0.2, -0.15) is 0 Å². The van der Waals surface area contributed by atoms with Crippen LogP contribution < -0.4 is 11.1 Å². The Morgan fingerprint density at radius 3 is 2.67 bits per heavy atom. The van der Waals surface area contributed by atoms with Gasteiger partial charge >= 0.3 is 0 Å². The number of hydrogen-bond acceptors (Lipinski definition) is 2. The lowest BCUT2D eigenvalue weighted by Gasteiger charge is -2.28. The fraction of sp³-hybridized carbons (Fsp3) is 0.933. The van der Waals surface area contributed by atoms with E-state index in [1.165, 1.54) is 12.8 Å². The molecular weight excluding hydrogens is 224 g/mol. The normalized spacial score (nSPS) is 27.6. The maximum Gasteiger partial charge on any atom is 0.223 e. The van der Waals surface area contributed by atoms with E-state index < -0.39 is 0 Å². The lowest BCUT2D eigenvalue weighted by atomic mass is 9.86. The predicted molar refractivity (Wildman–Crippen MR) is 76.2 cm³/mol. The fourth-order valence-corrected chi connectivity index (χ4v) is 2.79. The van der Waals surface area contributed by atoms with Gasteiger partial charge in [-0.15, -0.1) is 0 Å². The molecule has 4 atom stereocenters. The van der Waals surface area contributed by atoms with E-state index in [0.29, 0.717) is 6.04 Å². The van der Waals surface area contributed by atoms with Crippen molar-refractivity contribution in [3.05, 3.63) is 0 Å². The van der Waals surface area contributed by atoms with Crippen molar-refractivity contribution in [1.29, 1.82) is 0 Å². The summed E-state index contributed by atoms with van der Waals surface area (Å²) < 4.78 is 0. The van der Waals surface area contributed by atoms with Crippen molar-refractivity contribution in [1.82, 2.24) is 5.32 Å². The van der Waals surface area contributed by atoms with Crippen molar-refractivity contribution in [2.24, 2.45) is 17.6 Å². The minimum atomic E-state index is 0.126. The number of carbonyl (C=O) groups is 1. The Bertz CT molecular complexity index is 253. The van der Waals surface area contributed by atoms with Crippen LogP contribution in [0.3, 0.4) is 0 Å². The molecule has 0 aromatic rings. The number of amides is 1. The van der Waals surface area contributed by atoms with Crippen molar-refractivity contribution in [3.63, 3.8) is 0 Å². The smallest absolute Gasteiger partial charge is 0.223 e. The molecule has 1 saturated carbocycles. The second kappa shape index (κ2) is 7.78. The van der Waals surface area contributed by atoms with Crippen molar-refractivity contribution >= 4 is 5.91 Å². The van der Waals surface area contributed by atoms with Crippen LogP contribution in [0.15, 0.2) is 0 Å². The number of nitrogens with two attached hydrogens (primary N) is 1. The van der Waals surface area contributed by atoms with Gasteiger partial charge in [0.15, 0.2) is 0 Å². The topological polar surface area (TPSA) is 55.1 Å². The van der Waals surface area contributed by atoms with E-state index in [1.54, 1.807) is 0 Å². The van der Waals surface area contributed by atoms with Gasteiger partial charge in [0.1, 0.15) is 0 Å². The number of hydrogen-bond donors (Lipinski definition) is 2. The minimum absolute atomic E-state index is 0.126. The largest absolute Gasteiger partial charge is 0.353 e. The summed E-state index contributed by atoms with van der Waals surface area (Å²) in [6, 6.07) is 0.664. The third-order valence-electron chi connectivity index (χ3n) is 4.03. The first-order valence-electron chi connectivity index (χ1n) is 7.55. The molecular formula is C15H30N2O. The van der Waals surface area contributed by atoms with Gasteiger partial charge in [0, 0.05) is 18.0 Å². The highest BCUT2D eigenvalue weighted by atomic mass is 16.1. The second-order valence-electron chi connectivity index (χ2n) is 6.29. The van der Waals surface area contributed by atoms with Gasteiger partial charge in [0.25, 0.3) is 0 Å². The summed E-state index contributed by atoms with van der Waals surface area (Å²) in [5.41, 5.74) is 5.72. The Morgan fingerprint density at radius 2 is 2.06 bits per heavy atom. The number of nitrogens with one attached hydrogen (secondary N) is 1. The van der Waals surface area contributed by atoms with Gasteiger partial charge in [-0.3, -0.25) is 4.79 Å². The molecule has 106 valence electrons. The molecule has 1 aliphatic rings. The summed E-state index contributed by atoms with van der Waals surface area (Å²) in [4.78, 5) is 12.1. The van der Waals surface area contributed by atoms with Gasteiger partial charge in [0.2, 0.25) is 5.91 Å². The summed E-state index contributed by atoms with van der Waals surface area (Å²) in [7, 11) is 0. The maximum atomic E-state index is 12.1. The van der Waals surface area contributed by atoms with E-state index in [1.807, 2.05) is 13.8 Å². The Labute approximate surface area is 112 Å². The zero-order chi connectivity index (χ0) is 13.5. The second-order valence-corrected chi connectivity index (χ2v) is 6.29. The Hall–Kier alpha value is -0.570. The first kappa shape index (κ1) is 15.5. The molecule has 4 unspecified atom stereocenters. The summed E-state index contributed by atoms with van der Waals surface area (Å²) in [5, 5.41) is 3.22. The van der Waals surface area contributed by atoms with E-state index in [2.05, 4.69) is 12.2 Å². The van der Waals surface area contributed by atoms with Crippen LogP contribution in [-0.4, -0.2) is 18.0 Å². The zero-order valence-corrected chi connectivity index (χ0v) is 12.2. The van der Waals surface area contributed by atoms with Crippen molar-refractivity contribution in [2.75, 3.05) is 0 Å². The molecule has 0 aromatic carbocycles. The van der Waals surface area contributed by atoms with E-state index >= 15 is 0 Å². The molecule has 18 heavy (non-hydrogen) atoms. The molecule has 1 amide bonds. The van der Waals surface area contributed by atoms with Crippen molar-refractivity contribution < 1.29 is 4.79 Å². The van der Waals surface area contributed by atoms with Gasteiger partial charge in [-0.05, 0) is 38.5 Å². The molecule has 0 bridgehead atoms. The molecule has 3 N–H and O–H groups in total. The maximum absolute atomic E-state index is 12.1. The molecule has 1 fully saturated rings. The van der Waals surface area contributed by atoms with Crippen LogP contribution in [0, 0.1) is 11.8 Å². The third-order valence-corrected chi connectivity index (χ3v) is 4.03. The summed E-state index contributed by atoms with van der Waals surface area (Å²) in [6.45, 7) is 6.33. The first-order valence-corrected chi connectivity index (χ1v) is 7.55. The fourth-order valence-electron chi connectivity index (χ4n) is 2.79. The molecule has 0 spiro atoms. The van der Waals surface area contributed by atoms with Crippen LogP contribution in [0.2, 0.25) is 0 Å². The van der Waals surface area contributed by atoms with Crippen LogP contribution in [0.4, 0.5) is 0 Å². The highest BCUT2D eigenvalue weighted by Crippen LogP contribution is 2.24. The van der Waals surface area contributed by atoms with Crippen LogP contribution in [0.1, 0.15) is 65.7 Å². The molecule has 1 aliphatic carbocycles. The SMILES string of the molecule is CC(N)CCCC(C)C(=O)NC1CCCC(C)C1. The first-order chi connectivity index (χ1) is 8.49.